The van der Waals surface area contributed by atoms with Crippen LogP contribution in [0, 0.1) is 5.41 Å². The van der Waals surface area contributed by atoms with E-state index in [9.17, 15) is 0 Å². The maximum Gasteiger partial charge on any atom is 0.0133 e. The van der Waals surface area contributed by atoms with Crippen LogP contribution in [0.3, 0.4) is 0 Å². The molecule has 40 heavy (non-hydrogen) atoms. The predicted molar refractivity (Wildman–Crippen MR) is 183 cm³/mol. The van der Waals surface area contributed by atoms with Crippen LogP contribution >= 0.6 is 0 Å². The van der Waals surface area contributed by atoms with E-state index in [1.54, 1.807) is 0 Å². The van der Waals surface area contributed by atoms with E-state index in [1.807, 2.05) is 0 Å². The molecule has 0 aromatic heterocycles. The Kier molecular flexibility index (Phi) is 24.7. The van der Waals surface area contributed by atoms with Gasteiger partial charge in [0, 0.05) is 12.6 Å². The van der Waals surface area contributed by atoms with Crippen LogP contribution in [0.5, 0.6) is 0 Å². The minimum Gasteiger partial charge on any atom is -0.302 e. The molecule has 0 aromatic rings. The fourth-order valence-corrected chi connectivity index (χ4v) is 6.40. The van der Waals surface area contributed by atoms with Gasteiger partial charge in [0.25, 0.3) is 0 Å². The lowest BCUT2D eigenvalue weighted by atomic mass is 9.66. The summed E-state index contributed by atoms with van der Waals surface area (Å²) in [5, 5.41) is 0. The first-order valence-electron chi connectivity index (χ1n) is 18.0. The third-order valence-electron chi connectivity index (χ3n) is 9.36. The average molecular weight is 554 g/mol. The van der Waals surface area contributed by atoms with Crippen molar-refractivity contribution in [2.45, 2.75) is 181 Å². The standard InChI is InChI=1S/C39H71N/c1-5-7-9-11-13-15-17-19-21-23-25-27-29-31-33-35-39(37-40(4)38(39)3)36-34-32-30-28-26-24-22-20-18-16-14-12-10-8-6-2/h13-16,19-22,38H,5-12,17-18,23-37H2,1-4H3/b15-13-,16-14-,21-19+,22-20+. The van der Waals surface area contributed by atoms with E-state index in [2.05, 4.69) is 81.3 Å². The van der Waals surface area contributed by atoms with Crippen LogP contribution in [0.1, 0.15) is 175 Å². The van der Waals surface area contributed by atoms with Crippen molar-refractivity contribution >= 4 is 0 Å². The summed E-state index contributed by atoms with van der Waals surface area (Å²) in [5.41, 5.74) is 0.619. The van der Waals surface area contributed by atoms with Gasteiger partial charge < -0.3 is 4.90 Å². The fraction of sp³-hybridized carbons (Fsp3) is 0.795. The highest BCUT2D eigenvalue weighted by molar-refractivity contribution is 5.00. The highest BCUT2D eigenvalue weighted by Crippen LogP contribution is 2.45. The molecule has 1 aliphatic rings. The Balaban J connectivity index is 2.02. The summed E-state index contributed by atoms with van der Waals surface area (Å²) in [4.78, 5) is 2.58. The molecule has 1 nitrogen and oxygen atoms in total. The smallest absolute Gasteiger partial charge is 0.0133 e. The quantitative estimate of drug-likeness (QED) is 0.0687. The van der Waals surface area contributed by atoms with Gasteiger partial charge in [0.2, 0.25) is 0 Å². The zero-order valence-electron chi connectivity index (χ0n) is 27.8. The highest BCUT2D eigenvalue weighted by atomic mass is 15.2. The van der Waals surface area contributed by atoms with Gasteiger partial charge in [-0.25, -0.2) is 0 Å². The van der Waals surface area contributed by atoms with E-state index in [4.69, 9.17) is 0 Å². The third-order valence-corrected chi connectivity index (χ3v) is 9.36. The molecule has 1 saturated heterocycles. The van der Waals surface area contributed by atoms with Crippen molar-refractivity contribution in [2.75, 3.05) is 13.6 Å². The van der Waals surface area contributed by atoms with Gasteiger partial charge in [-0.2, -0.15) is 0 Å². The summed E-state index contributed by atoms with van der Waals surface area (Å²) >= 11 is 0. The molecule has 1 heterocycles. The zero-order valence-corrected chi connectivity index (χ0v) is 27.8. The van der Waals surface area contributed by atoms with Crippen molar-refractivity contribution < 1.29 is 0 Å². The van der Waals surface area contributed by atoms with Crippen LogP contribution in [0.4, 0.5) is 0 Å². The van der Waals surface area contributed by atoms with Gasteiger partial charge in [-0.1, -0.05) is 140 Å². The van der Waals surface area contributed by atoms with Crippen molar-refractivity contribution in [3.63, 3.8) is 0 Å². The second-order valence-electron chi connectivity index (χ2n) is 12.9. The van der Waals surface area contributed by atoms with Crippen molar-refractivity contribution in [1.82, 2.24) is 4.90 Å². The SMILES string of the molecule is CCCCC/C=C\C/C=C/CCCCCCCC1(CCCCCCC/C=C/C/C=C\CCCCC)CN(C)C1C. The number of hydrogen-bond acceptors (Lipinski definition) is 1. The molecular formula is C39H71N. The maximum absolute atomic E-state index is 2.58. The third kappa shape index (κ3) is 19.1. The number of likely N-dealkylation sites (tertiary alicyclic amines) is 1. The van der Waals surface area contributed by atoms with Crippen molar-refractivity contribution in [2.24, 2.45) is 5.41 Å². The second-order valence-corrected chi connectivity index (χ2v) is 12.9. The van der Waals surface area contributed by atoms with E-state index in [0.29, 0.717) is 5.41 Å². The van der Waals surface area contributed by atoms with E-state index in [-0.39, 0.29) is 0 Å². The molecule has 1 rings (SSSR count). The van der Waals surface area contributed by atoms with Gasteiger partial charge >= 0.3 is 0 Å². The monoisotopic (exact) mass is 554 g/mol. The topological polar surface area (TPSA) is 3.24 Å². The Morgan fingerprint density at radius 3 is 1.20 bits per heavy atom. The molecule has 0 spiro atoms. The van der Waals surface area contributed by atoms with Crippen molar-refractivity contribution in [3.05, 3.63) is 48.6 Å². The Labute approximate surface area is 253 Å². The maximum atomic E-state index is 2.58. The second kappa shape index (κ2) is 26.8. The first-order valence-corrected chi connectivity index (χ1v) is 18.0. The molecule has 232 valence electrons. The number of unbranched alkanes of at least 4 members (excludes halogenated alkanes) is 16. The van der Waals surface area contributed by atoms with Crippen molar-refractivity contribution in [1.29, 1.82) is 0 Å². The first-order chi connectivity index (χ1) is 19.7. The average Bonchev–Trinajstić information content (AvgIpc) is 2.96. The van der Waals surface area contributed by atoms with Gasteiger partial charge in [-0.15, -0.1) is 0 Å². The number of rotatable bonds is 28. The lowest BCUT2D eigenvalue weighted by Gasteiger charge is -2.56. The molecule has 1 heteroatoms. The lowest BCUT2D eigenvalue weighted by molar-refractivity contribution is -0.0614. The Morgan fingerprint density at radius 1 is 0.500 bits per heavy atom. The van der Waals surface area contributed by atoms with Crippen LogP contribution in [0.25, 0.3) is 0 Å². The molecular weight excluding hydrogens is 482 g/mol. The van der Waals surface area contributed by atoms with Gasteiger partial charge in [-0.05, 0) is 96.4 Å². The van der Waals surface area contributed by atoms with E-state index < -0.39 is 0 Å². The summed E-state index contributed by atoms with van der Waals surface area (Å²) in [6.07, 6.45) is 51.4. The van der Waals surface area contributed by atoms with Crippen molar-refractivity contribution in [3.8, 4) is 0 Å². The van der Waals surface area contributed by atoms with E-state index >= 15 is 0 Å². The summed E-state index contributed by atoms with van der Waals surface area (Å²) in [7, 11) is 2.33. The fourth-order valence-electron chi connectivity index (χ4n) is 6.40. The summed E-state index contributed by atoms with van der Waals surface area (Å²) in [6, 6.07) is 0.782. The minimum absolute atomic E-state index is 0.619. The molecule has 0 saturated carbocycles. The predicted octanol–water partition coefficient (Wildman–Crippen LogP) is 12.9. The van der Waals surface area contributed by atoms with Crippen LogP contribution in [0.2, 0.25) is 0 Å². The molecule has 0 radical (unpaired) electrons. The summed E-state index contributed by atoms with van der Waals surface area (Å²) in [6.45, 7) is 8.37. The van der Waals surface area contributed by atoms with Crippen LogP contribution in [0.15, 0.2) is 48.6 Å². The van der Waals surface area contributed by atoms with Crippen LogP contribution in [-0.2, 0) is 0 Å². The molecule has 1 fully saturated rings. The Hall–Kier alpha value is -1.08. The number of hydrogen-bond donors (Lipinski definition) is 0. The lowest BCUT2D eigenvalue weighted by Crippen LogP contribution is -2.61. The molecule has 0 amide bonds. The molecule has 1 unspecified atom stereocenters. The van der Waals surface area contributed by atoms with E-state index in [0.717, 1.165) is 18.9 Å². The minimum atomic E-state index is 0.619. The van der Waals surface area contributed by atoms with Gasteiger partial charge in [0.1, 0.15) is 0 Å². The molecule has 0 aliphatic carbocycles. The molecule has 1 aliphatic heterocycles. The van der Waals surface area contributed by atoms with E-state index in [1.165, 1.54) is 148 Å². The molecule has 0 N–H and O–H groups in total. The normalized spacial score (nSPS) is 17.8. The summed E-state index contributed by atoms with van der Waals surface area (Å²) in [5.74, 6) is 0. The summed E-state index contributed by atoms with van der Waals surface area (Å²) < 4.78 is 0. The van der Waals surface area contributed by atoms with Crippen LogP contribution < -0.4 is 0 Å². The number of nitrogens with zero attached hydrogens (tertiary/aromatic N) is 1. The molecule has 0 bridgehead atoms. The molecule has 0 aromatic carbocycles. The van der Waals surface area contributed by atoms with Gasteiger partial charge in [0.15, 0.2) is 0 Å². The largest absolute Gasteiger partial charge is 0.302 e. The highest BCUT2D eigenvalue weighted by Gasteiger charge is 2.46. The van der Waals surface area contributed by atoms with Gasteiger partial charge in [0.05, 0.1) is 0 Å². The number of allylic oxidation sites excluding steroid dienone is 8. The van der Waals surface area contributed by atoms with Crippen LogP contribution in [-0.4, -0.2) is 24.5 Å². The molecule has 1 atom stereocenters. The zero-order chi connectivity index (χ0) is 29.0. The Bertz CT molecular complexity index is 608. The Morgan fingerprint density at radius 2 is 0.850 bits per heavy atom. The van der Waals surface area contributed by atoms with Gasteiger partial charge in [-0.3, -0.25) is 0 Å². The first kappa shape index (κ1) is 36.9.